The molecule has 2 nitrogen and oxygen atoms in total. The monoisotopic (exact) mass is 192 g/mol. The lowest BCUT2D eigenvalue weighted by Gasteiger charge is -1.93. The predicted molar refractivity (Wildman–Crippen MR) is 56.5 cm³/mol. The summed E-state index contributed by atoms with van der Waals surface area (Å²) >= 11 is 0. The van der Waals surface area contributed by atoms with Crippen molar-refractivity contribution in [2.75, 3.05) is 0 Å². The SMILES string of the molecule is Cc1cc(C(=O)/C=C/C(C)C)c(C)o1. The summed E-state index contributed by atoms with van der Waals surface area (Å²) in [6, 6.07) is 1.78. The van der Waals surface area contributed by atoms with E-state index in [9.17, 15) is 4.79 Å². The van der Waals surface area contributed by atoms with Gasteiger partial charge in [-0.05, 0) is 31.9 Å². The van der Waals surface area contributed by atoms with E-state index in [0.717, 1.165) is 5.76 Å². The van der Waals surface area contributed by atoms with E-state index in [2.05, 4.69) is 0 Å². The van der Waals surface area contributed by atoms with Crippen LogP contribution >= 0.6 is 0 Å². The van der Waals surface area contributed by atoms with Gasteiger partial charge in [0, 0.05) is 0 Å². The van der Waals surface area contributed by atoms with Crippen molar-refractivity contribution in [1.82, 2.24) is 0 Å². The first-order chi connectivity index (χ1) is 6.50. The van der Waals surface area contributed by atoms with Crippen molar-refractivity contribution >= 4 is 5.78 Å². The Balaban J connectivity index is 2.85. The van der Waals surface area contributed by atoms with Gasteiger partial charge in [0.15, 0.2) is 5.78 Å². The number of carbonyl (C=O) groups is 1. The van der Waals surface area contributed by atoms with Crippen molar-refractivity contribution in [3.8, 4) is 0 Å². The topological polar surface area (TPSA) is 30.2 Å². The summed E-state index contributed by atoms with van der Waals surface area (Å²) in [5, 5.41) is 0. The second-order valence-electron chi connectivity index (χ2n) is 3.79. The molecule has 0 saturated heterocycles. The number of carbonyl (C=O) groups excluding carboxylic acids is 1. The van der Waals surface area contributed by atoms with Gasteiger partial charge in [-0.1, -0.05) is 19.9 Å². The number of aryl methyl sites for hydroxylation is 2. The van der Waals surface area contributed by atoms with E-state index in [1.165, 1.54) is 0 Å². The smallest absolute Gasteiger partial charge is 0.189 e. The highest BCUT2D eigenvalue weighted by molar-refractivity contribution is 6.05. The Labute approximate surface area is 84.6 Å². The fraction of sp³-hybridized carbons (Fsp3) is 0.417. The van der Waals surface area contributed by atoms with Gasteiger partial charge >= 0.3 is 0 Å². The lowest BCUT2D eigenvalue weighted by Crippen LogP contribution is -1.94. The highest BCUT2D eigenvalue weighted by Crippen LogP contribution is 2.14. The minimum absolute atomic E-state index is 0.0213. The third kappa shape index (κ3) is 2.59. The molecule has 0 saturated carbocycles. The zero-order chi connectivity index (χ0) is 10.7. The van der Waals surface area contributed by atoms with E-state index in [4.69, 9.17) is 4.42 Å². The van der Waals surface area contributed by atoms with Crippen LogP contribution in [0.1, 0.15) is 35.7 Å². The summed E-state index contributed by atoms with van der Waals surface area (Å²) < 4.78 is 5.29. The molecule has 0 N–H and O–H groups in total. The Bertz CT molecular complexity index is 356. The number of furan rings is 1. The van der Waals surface area contributed by atoms with Crippen molar-refractivity contribution in [2.24, 2.45) is 5.92 Å². The second kappa shape index (κ2) is 4.27. The van der Waals surface area contributed by atoms with Crippen LogP contribution < -0.4 is 0 Å². The summed E-state index contributed by atoms with van der Waals surface area (Å²) in [5.74, 6) is 1.89. The predicted octanol–water partition coefficient (Wildman–Crippen LogP) is 3.29. The molecule has 0 aliphatic rings. The molecule has 0 radical (unpaired) electrons. The molecule has 0 aliphatic carbocycles. The Kier molecular flexibility index (Phi) is 3.28. The van der Waals surface area contributed by atoms with Crippen molar-refractivity contribution < 1.29 is 9.21 Å². The zero-order valence-corrected chi connectivity index (χ0v) is 9.13. The third-order valence-electron chi connectivity index (χ3n) is 1.94. The largest absolute Gasteiger partial charge is 0.466 e. The van der Waals surface area contributed by atoms with Crippen molar-refractivity contribution in [1.29, 1.82) is 0 Å². The molecule has 0 bridgehead atoms. The standard InChI is InChI=1S/C12H16O2/c1-8(2)5-6-12(13)11-7-9(3)14-10(11)4/h5-8H,1-4H3/b6-5+. The van der Waals surface area contributed by atoms with Crippen LogP contribution in [0.5, 0.6) is 0 Å². The van der Waals surface area contributed by atoms with Gasteiger partial charge in [0.25, 0.3) is 0 Å². The number of allylic oxidation sites excluding steroid dienone is 2. The highest BCUT2D eigenvalue weighted by atomic mass is 16.3. The Morgan fingerprint density at radius 3 is 2.50 bits per heavy atom. The molecule has 1 aromatic rings. The Hall–Kier alpha value is -1.31. The number of hydrogen-bond donors (Lipinski definition) is 0. The fourth-order valence-corrected chi connectivity index (χ4v) is 1.25. The van der Waals surface area contributed by atoms with E-state index in [1.54, 1.807) is 12.1 Å². The molecule has 0 unspecified atom stereocenters. The van der Waals surface area contributed by atoms with Crippen LogP contribution in [-0.4, -0.2) is 5.78 Å². The molecule has 0 amide bonds. The first kappa shape index (κ1) is 10.8. The lowest BCUT2D eigenvalue weighted by atomic mass is 10.1. The third-order valence-corrected chi connectivity index (χ3v) is 1.94. The molecule has 0 spiro atoms. The van der Waals surface area contributed by atoms with Gasteiger partial charge < -0.3 is 4.42 Å². The van der Waals surface area contributed by atoms with Gasteiger partial charge in [-0.25, -0.2) is 0 Å². The van der Waals surface area contributed by atoms with Crippen molar-refractivity contribution in [3.05, 3.63) is 35.3 Å². The Morgan fingerprint density at radius 1 is 1.43 bits per heavy atom. The maximum atomic E-state index is 11.6. The van der Waals surface area contributed by atoms with Crippen LogP contribution in [-0.2, 0) is 0 Å². The maximum absolute atomic E-state index is 11.6. The maximum Gasteiger partial charge on any atom is 0.189 e. The number of hydrogen-bond acceptors (Lipinski definition) is 2. The van der Waals surface area contributed by atoms with Crippen molar-refractivity contribution in [2.45, 2.75) is 27.7 Å². The summed E-state index contributed by atoms with van der Waals surface area (Å²) in [6.45, 7) is 7.73. The van der Waals surface area contributed by atoms with Crippen LogP contribution in [0, 0.1) is 19.8 Å². The number of ketones is 1. The van der Waals surface area contributed by atoms with Gasteiger partial charge in [0.1, 0.15) is 11.5 Å². The molecule has 1 rings (SSSR count). The average Bonchev–Trinajstić information content (AvgIpc) is 2.41. The van der Waals surface area contributed by atoms with Crippen molar-refractivity contribution in [3.63, 3.8) is 0 Å². The summed E-state index contributed by atoms with van der Waals surface area (Å²) in [6.07, 6.45) is 3.51. The van der Waals surface area contributed by atoms with E-state index in [0.29, 0.717) is 17.2 Å². The van der Waals surface area contributed by atoms with Crippen LogP contribution in [0.2, 0.25) is 0 Å². The van der Waals surface area contributed by atoms with E-state index >= 15 is 0 Å². The summed E-state index contributed by atoms with van der Waals surface area (Å²) in [5.41, 5.74) is 0.666. The normalized spacial score (nSPS) is 11.5. The molecule has 1 heterocycles. The quantitative estimate of drug-likeness (QED) is 0.543. The molecule has 2 heteroatoms. The zero-order valence-electron chi connectivity index (χ0n) is 9.13. The molecule has 0 fully saturated rings. The Morgan fingerprint density at radius 2 is 2.07 bits per heavy atom. The van der Waals surface area contributed by atoms with Gasteiger partial charge in [-0.2, -0.15) is 0 Å². The summed E-state index contributed by atoms with van der Waals surface area (Å²) in [4.78, 5) is 11.6. The van der Waals surface area contributed by atoms with Crippen LogP contribution in [0.25, 0.3) is 0 Å². The first-order valence-electron chi connectivity index (χ1n) is 4.80. The second-order valence-corrected chi connectivity index (χ2v) is 3.79. The first-order valence-corrected chi connectivity index (χ1v) is 4.80. The molecular formula is C12H16O2. The minimum atomic E-state index is 0.0213. The van der Waals surface area contributed by atoms with Gasteiger partial charge in [-0.3, -0.25) is 4.79 Å². The van der Waals surface area contributed by atoms with Gasteiger partial charge in [0.2, 0.25) is 0 Å². The minimum Gasteiger partial charge on any atom is -0.466 e. The molecule has 0 atom stereocenters. The van der Waals surface area contributed by atoms with Crippen LogP contribution in [0.15, 0.2) is 22.6 Å². The van der Waals surface area contributed by atoms with E-state index in [-0.39, 0.29) is 5.78 Å². The van der Waals surface area contributed by atoms with E-state index in [1.807, 2.05) is 33.8 Å². The van der Waals surface area contributed by atoms with Crippen LogP contribution in [0.4, 0.5) is 0 Å². The average molecular weight is 192 g/mol. The molecule has 76 valence electrons. The molecule has 14 heavy (non-hydrogen) atoms. The lowest BCUT2D eigenvalue weighted by molar-refractivity contribution is 0.104. The fourth-order valence-electron chi connectivity index (χ4n) is 1.25. The summed E-state index contributed by atoms with van der Waals surface area (Å²) in [7, 11) is 0. The molecule has 0 aliphatic heterocycles. The highest BCUT2D eigenvalue weighted by Gasteiger charge is 2.10. The molecular weight excluding hydrogens is 176 g/mol. The van der Waals surface area contributed by atoms with Crippen LogP contribution in [0.3, 0.4) is 0 Å². The van der Waals surface area contributed by atoms with E-state index < -0.39 is 0 Å². The number of rotatable bonds is 3. The van der Waals surface area contributed by atoms with Gasteiger partial charge in [-0.15, -0.1) is 0 Å². The molecule has 0 aromatic carbocycles. The molecule has 1 aromatic heterocycles. The van der Waals surface area contributed by atoms with Gasteiger partial charge in [0.05, 0.1) is 5.56 Å².